The van der Waals surface area contributed by atoms with E-state index in [0.717, 1.165) is 18.9 Å². The van der Waals surface area contributed by atoms with E-state index in [1.807, 2.05) is 6.92 Å². The van der Waals surface area contributed by atoms with Gasteiger partial charge < -0.3 is 15.4 Å². The molecule has 8 heteroatoms. The van der Waals surface area contributed by atoms with Crippen LogP contribution in [0.2, 0.25) is 0 Å². The van der Waals surface area contributed by atoms with Crippen LogP contribution in [-0.4, -0.2) is 70.0 Å². The minimum atomic E-state index is -4.16. The van der Waals surface area contributed by atoms with Crippen LogP contribution in [0.1, 0.15) is 26.2 Å². The SMILES string of the molecule is CCNC(=NCCCOCC1CC1)NCCN(C)CC(F)(F)F. The van der Waals surface area contributed by atoms with E-state index in [0.29, 0.717) is 38.7 Å². The molecule has 0 heterocycles. The van der Waals surface area contributed by atoms with Crippen LogP contribution in [0.4, 0.5) is 13.2 Å². The minimum absolute atomic E-state index is 0.300. The molecular formula is C15H29F3N4O. The average Bonchev–Trinajstić information content (AvgIpc) is 3.24. The predicted octanol–water partition coefficient (Wildman–Crippen LogP) is 1.85. The predicted molar refractivity (Wildman–Crippen MR) is 85.7 cm³/mol. The number of alkyl halides is 3. The number of nitrogens with one attached hydrogen (secondary N) is 2. The minimum Gasteiger partial charge on any atom is -0.381 e. The first-order chi connectivity index (χ1) is 10.9. The fraction of sp³-hybridized carbons (Fsp3) is 0.933. The average molecular weight is 338 g/mol. The van der Waals surface area contributed by atoms with E-state index in [2.05, 4.69) is 15.6 Å². The molecule has 0 spiro atoms. The Hall–Kier alpha value is -1.02. The largest absolute Gasteiger partial charge is 0.401 e. The summed E-state index contributed by atoms with van der Waals surface area (Å²) in [6.45, 7) is 4.67. The fourth-order valence-electron chi connectivity index (χ4n) is 1.98. The third-order valence-corrected chi connectivity index (χ3v) is 3.35. The lowest BCUT2D eigenvalue weighted by atomic mass is 10.4. The molecule has 136 valence electrons. The first-order valence-corrected chi connectivity index (χ1v) is 8.26. The monoisotopic (exact) mass is 338 g/mol. The molecule has 1 fully saturated rings. The normalized spacial score (nSPS) is 16.0. The lowest BCUT2D eigenvalue weighted by Gasteiger charge is -2.19. The van der Waals surface area contributed by atoms with Crippen molar-refractivity contribution in [3.8, 4) is 0 Å². The summed E-state index contributed by atoms with van der Waals surface area (Å²) in [6.07, 6.45) is -0.740. The number of aliphatic imine (C=N–C) groups is 1. The highest BCUT2D eigenvalue weighted by molar-refractivity contribution is 5.79. The molecule has 0 bridgehead atoms. The molecular weight excluding hydrogens is 309 g/mol. The van der Waals surface area contributed by atoms with E-state index in [1.165, 1.54) is 24.8 Å². The van der Waals surface area contributed by atoms with E-state index < -0.39 is 12.7 Å². The second-order valence-corrected chi connectivity index (χ2v) is 5.91. The molecule has 1 aliphatic carbocycles. The van der Waals surface area contributed by atoms with Crippen LogP contribution in [0.25, 0.3) is 0 Å². The number of rotatable bonds is 11. The molecule has 0 amide bonds. The van der Waals surface area contributed by atoms with Crippen molar-refractivity contribution in [3.63, 3.8) is 0 Å². The molecule has 2 N–H and O–H groups in total. The smallest absolute Gasteiger partial charge is 0.381 e. The number of nitrogens with zero attached hydrogens (tertiary/aromatic N) is 2. The Kier molecular flexibility index (Phi) is 9.31. The summed E-state index contributed by atoms with van der Waals surface area (Å²) >= 11 is 0. The van der Waals surface area contributed by atoms with Gasteiger partial charge in [-0.15, -0.1) is 0 Å². The molecule has 0 aromatic rings. The molecule has 0 aromatic carbocycles. The lowest BCUT2D eigenvalue weighted by Crippen LogP contribution is -2.42. The van der Waals surface area contributed by atoms with Gasteiger partial charge in [-0.05, 0) is 39.2 Å². The van der Waals surface area contributed by atoms with Crippen LogP contribution in [0.15, 0.2) is 4.99 Å². The molecule has 1 rings (SSSR count). The van der Waals surface area contributed by atoms with Crippen molar-refractivity contribution in [1.82, 2.24) is 15.5 Å². The van der Waals surface area contributed by atoms with Gasteiger partial charge in [0.15, 0.2) is 5.96 Å². The molecule has 5 nitrogen and oxygen atoms in total. The third kappa shape index (κ3) is 12.1. The fourth-order valence-corrected chi connectivity index (χ4v) is 1.98. The van der Waals surface area contributed by atoms with Gasteiger partial charge in [0.05, 0.1) is 6.54 Å². The van der Waals surface area contributed by atoms with Crippen molar-refractivity contribution in [2.24, 2.45) is 10.9 Å². The lowest BCUT2D eigenvalue weighted by molar-refractivity contribution is -0.142. The van der Waals surface area contributed by atoms with Crippen molar-refractivity contribution in [2.75, 3.05) is 53.0 Å². The molecule has 0 aliphatic heterocycles. The maximum Gasteiger partial charge on any atom is 0.401 e. The molecule has 0 radical (unpaired) electrons. The summed E-state index contributed by atoms with van der Waals surface area (Å²) in [4.78, 5) is 5.63. The molecule has 0 aromatic heterocycles. The Morgan fingerprint density at radius 1 is 1.30 bits per heavy atom. The first kappa shape index (κ1) is 20.0. The second-order valence-electron chi connectivity index (χ2n) is 5.91. The quantitative estimate of drug-likeness (QED) is 0.343. The van der Waals surface area contributed by atoms with Crippen molar-refractivity contribution >= 4 is 5.96 Å². The number of guanidine groups is 1. The summed E-state index contributed by atoms with van der Waals surface area (Å²) in [5.74, 6) is 1.40. The first-order valence-electron chi connectivity index (χ1n) is 8.26. The number of hydrogen-bond donors (Lipinski definition) is 2. The molecule has 0 unspecified atom stereocenters. The van der Waals surface area contributed by atoms with E-state index in [1.54, 1.807) is 0 Å². The Labute approximate surface area is 136 Å². The van der Waals surface area contributed by atoms with Gasteiger partial charge in [0, 0.05) is 39.4 Å². The standard InChI is InChI=1S/C15H29F3N4O/c1-3-19-14(20-7-4-10-23-11-13-5-6-13)21-8-9-22(2)12-15(16,17)18/h13H,3-12H2,1-2H3,(H2,19,20,21). The van der Waals surface area contributed by atoms with Crippen molar-refractivity contribution in [3.05, 3.63) is 0 Å². The molecule has 23 heavy (non-hydrogen) atoms. The molecule has 1 saturated carbocycles. The molecule has 0 atom stereocenters. The van der Waals surface area contributed by atoms with Crippen LogP contribution in [-0.2, 0) is 4.74 Å². The summed E-state index contributed by atoms with van der Waals surface area (Å²) in [5, 5.41) is 6.13. The Morgan fingerprint density at radius 3 is 2.65 bits per heavy atom. The Bertz CT molecular complexity index is 346. The summed E-state index contributed by atoms with van der Waals surface area (Å²) in [5.41, 5.74) is 0. The van der Waals surface area contributed by atoms with Crippen LogP contribution < -0.4 is 10.6 Å². The van der Waals surface area contributed by atoms with E-state index in [-0.39, 0.29) is 0 Å². The zero-order valence-electron chi connectivity index (χ0n) is 14.1. The van der Waals surface area contributed by atoms with Gasteiger partial charge in [-0.2, -0.15) is 13.2 Å². The summed E-state index contributed by atoms with van der Waals surface area (Å²) in [6, 6.07) is 0. The highest BCUT2D eigenvalue weighted by Gasteiger charge is 2.28. The number of ether oxygens (including phenoxy) is 1. The number of hydrogen-bond acceptors (Lipinski definition) is 3. The van der Waals surface area contributed by atoms with Crippen LogP contribution >= 0.6 is 0 Å². The van der Waals surface area contributed by atoms with E-state index in [9.17, 15) is 13.2 Å². The van der Waals surface area contributed by atoms with Crippen molar-refractivity contribution < 1.29 is 17.9 Å². The van der Waals surface area contributed by atoms with Gasteiger partial charge in [-0.3, -0.25) is 9.89 Å². The maximum atomic E-state index is 12.2. The molecule has 0 saturated heterocycles. The van der Waals surface area contributed by atoms with E-state index >= 15 is 0 Å². The summed E-state index contributed by atoms with van der Waals surface area (Å²) in [7, 11) is 1.45. The van der Waals surface area contributed by atoms with Crippen LogP contribution in [0.3, 0.4) is 0 Å². The van der Waals surface area contributed by atoms with Gasteiger partial charge in [0.2, 0.25) is 0 Å². The van der Waals surface area contributed by atoms with Crippen molar-refractivity contribution in [1.29, 1.82) is 0 Å². The molecule has 1 aliphatic rings. The number of halogens is 3. The van der Waals surface area contributed by atoms with Crippen LogP contribution in [0, 0.1) is 5.92 Å². The maximum absolute atomic E-state index is 12.2. The van der Waals surface area contributed by atoms with Gasteiger partial charge in [0.25, 0.3) is 0 Å². The third-order valence-electron chi connectivity index (χ3n) is 3.35. The van der Waals surface area contributed by atoms with Crippen LogP contribution in [0.5, 0.6) is 0 Å². The van der Waals surface area contributed by atoms with Gasteiger partial charge in [-0.25, -0.2) is 0 Å². The van der Waals surface area contributed by atoms with Gasteiger partial charge in [-0.1, -0.05) is 0 Å². The van der Waals surface area contributed by atoms with Gasteiger partial charge >= 0.3 is 6.18 Å². The Balaban J connectivity index is 2.12. The highest BCUT2D eigenvalue weighted by atomic mass is 19.4. The highest BCUT2D eigenvalue weighted by Crippen LogP contribution is 2.28. The van der Waals surface area contributed by atoms with E-state index in [4.69, 9.17) is 4.74 Å². The zero-order valence-corrected chi connectivity index (χ0v) is 14.1. The number of likely N-dealkylation sites (N-methyl/N-ethyl adjacent to an activating group) is 1. The topological polar surface area (TPSA) is 48.9 Å². The van der Waals surface area contributed by atoms with Gasteiger partial charge in [0.1, 0.15) is 0 Å². The van der Waals surface area contributed by atoms with Crippen molar-refractivity contribution in [2.45, 2.75) is 32.4 Å². The zero-order chi connectivity index (χ0) is 17.1. The second kappa shape index (κ2) is 10.7. The summed E-state index contributed by atoms with van der Waals surface area (Å²) < 4.78 is 42.2. The Morgan fingerprint density at radius 2 is 2.04 bits per heavy atom.